The Hall–Kier alpha value is -3.35. The smallest absolute Gasteiger partial charge is 0.329 e. The van der Waals surface area contributed by atoms with E-state index in [1.54, 1.807) is 38.1 Å². The van der Waals surface area contributed by atoms with Crippen molar-refractivity contribution in [2.24, 2.45) is 5.92 Å². The molecule has 0 radical (unpaired) electrons. The molecule has 0 aliphatic carbocycles. The van der Waals surface area contributed by atoms with Gasteiger partial charge in [0.2, 0.25) is 0 Å². The second-order valence-corrected chi connectivity index (χ2v) is 7.97. The Balaban J connectivity index is 1.98. The number of carbonyl (C=O) groups is 3. The van der Waals surface area contributed by atoms with Crippen LogP contribution >= 0.6 is 0 Å². The lowest BCUT2D eigenvalue weighted by Crippen LogP contribution is -2.45. The number of nitrogens with one attached hydrogen (secondary N) is 2. The van der Waals surface area contributed by atoms with E-state index in [0.29, 0.717) is 17.9 Å². The molecule has 2 aromatic rings. The van der Waals surface area contributed by atoms with Gasteiger partial charge in [0.1, 0.15) is 11.8 Å². The van der Waals surface area contributed by atoms with Crippen molar-refractivity contribution in [1.29, 1.82) is 0 Å². The molecule has 0 aromatic heterocycles. The zero-order chi connectivity index (χ0) is 24.4. The summed E-state index contributed by atoms with van der Waals surface area (Å²) in [4.78, 5) is 37.8. The number of rotatable bonds is 11. The third kappa shape index (κ3) is 7.34. The predicted octanol–water partition coefficient (Wildman–Crippen LogP) is 4.15. The van der Waals surface area contributed by atoms with E-state index in [0.717, 1.165) is 29.7 Å². The van der Waals surface area contributed by atoms with Crippen LogP contribution in [0.25, 0.3) is 0 Å². The average Bonchev–Trinajstić information content (AvgIpc) is 2.81. The van der Waals surface area contributed by atoms with Crippen molar-refractivity contribution >= 4 is 23.5 Å². The van der Waals surface area contributed by atoms with Crippen molar-refractivity contribution in [2.45, 2.75) is 53.5 Å². The summed E-state index contributed by atoms with van der Waals surface area (Å²) in [6.45, 7) is 9.62. The minimum atomic E-state index is -0.883. The Morgan fingerprint density at radius 3 is 2.03 bits per heavy atom. The molecule has 7 nitrogen and oxygen atoms in total. The second kappa shape index (κ2) is 12.6. The molecular formula is C26H34N2O5. The van der Waals surface area contributed by atoms with E-state index in [-0.39, 0.29) is 5.92 Å². The van der Waals surface area contributed by atoms with Crippen LogP contribution in [0.1, 0.15) is 56.1 Å². The van der Waals surface area contributed by atoms with Gasteiger partial charge in [-0.3, -0.25) is 9.59 Å². The third-order valence-corrected chi connectivity index (χ3v) is 5.24. The lowest BCUT2D eigenvalue weighted by atomic mass is 10.0. The second-order valence-electron chi connectivity index (χ2n) is 7.97. The van der Waals surface area contributed by atoms with E-state index in [1.165, 1.54) is 0 Å². The standard InChI is InChI=1S/C26H34N2O5/c1-6-18-10-9-11-19(7-2)24(18)27-22(29)16-33-26(31)23(17(4)5)28-25(30)20-12-14-21(15-13-20)32-8-3/h9-15,17,23H,6-8,16H2,1-5H3,(H,27,29)(H,28,30)/t23-/m0/s1. The molecule has 0 spiro atoms. The molecule has 0 bridgehead atoms. The number of hydrogen-bond donors (Lipinski definition) is 2. The van der Waals surface area contributed by atoms with Crippen LogP contribution in [0.4, 0.5) is 5.69 Å². The van der Waals surface area contributed by atoms with Crippen LogP contribution in [0.5, 0.6) is 5.75 Å². The highest BCUT2D eigenvalue weighted by Crippen LogP contribution is 2.22. The van der Waals surface area contributed by atoms with E-state index in [4.69, 9.17) is 9.47 Å². The molecule has 0 unspecified atom stereocenters. The highest BCUT2D eigenvalue weighted by molar-refractivity contribution is 5.98. The Kier molecular flexibility index (Phi) is 9.91. The molecule has 178 valence electrons. The number of benzene rings is 2. The first-order valence-corrected chi connectivity index (χ1v) is 11.4. The van der Waals surface area contributed by atoms with Crippen LogP contribution in [0.3, 0.4) is 0 Å². The van der Waals surface area contributed by atoms with Crippen LogP contribution in [0.2, 0.25) is 0 Å². The summed E-state index contributed by atoms with van der Waals surface area (Å²) < 4.78 is 10.6. The van der Waals surface area contributed by atoms with Crippen molar-refractivity contribution in [3.05, 3.63) is 59.2 Å². The number of carbonyl (C=O) groups excluding carboxylic acids is 3. The molecule has 0 aliphatic rings. The van der Waals surface area contributed by atoms with Crippen molar-refractivity contribution in [2.75, 3.05) is 18.5 Å². The van der Waals surface area contributed by atoms with Gasteiger partial charge in [0.05, 0.1) is 6.61 Å². The van der Waals surface area contributed by atoms with E-state index in [2.05, 4.69) is 10.6 Å². The predicted molar refractivity (Wildman–Crippen MR) is 128 cm³/mol. The van der Waals surface area contributed by atoms with Crippen LogP contribution in [0.15, 0.2) is 42.5 Å². The topological polar surface area (TPSA) is 93.7 Å². The minimum Gasteiger partial charge on any atom is -0.494 e. The number of para-hydroxylation sites is 1. The molecule has 2 aromatic carbocycles. The lowest BCUT2D eigenvalue weighted by molar-refractivity contribution is -0.150. The summed E-state index contributed by atoms with van der Waals surface area (Å²) in [6, 6.07) is 11.7. The fraction of sp³-hybridized carbons (Fsp3) is 0.423. The molecular weight excluding hydrogens is 420 g/mol. The summed E-state index contributed by atoms with van der Waals surface area (Å²) in [5.41, 5.74) is 3.22. The van der Waals surface area contributed by atoms with Crippen molar-refractivity contribution < 1.29 is 23.9 Å². The Bertz CT molecular complexity index is 931. The molecule has 2 N–H and O–H groups in total. The fourth-order valence-corrected chi connectivity index (χ4v) is 3.40. The maximum Gasteiger partial charge on any atom is 0.329 e. The van der Waals surface area contributed by atoms with Crippen molar-refractivity contribution in [1.82, 2.24) is 5.32 Å². The number of esters is 1. The summed E-state index contributed by atoms with van der Waals surface area (Å²) in [6.07, 6.45) is 1.55. The van der Waals surface area contributed by atoms with Gasteiger partial charge in [-0.2, -0.15) is 0 Å². The number of amides is 2. The van der Waals surface area contributed by atoms with Gasteiger partial charge in [-0.05, 0) is 61.1 Å². The summed E-state index contributed by atoms with van der Waals surface area (Å²) in [5.74, 6) is -1.03. The number of hydrogen-bond acceptors (Lipinski definition) is 5. The van der Waals surface area contributed by atoms with Gasteiger partial charge in [-0.25, -0.2) is 4.79 Å². The maximum atomic E-state index is 12.7. The summed E-state index contributed by atoms with van der Waals surface area (Å²) in [7, 11) is 0. The largest absolute Gasteiger partial charge is 0.494 e. The summed E-state index contributed by atoms with van der Waals surface area (Å²) in [5, 5.41) is 5.58. The molecule has 0 saturated heterocycles. The van der Waals surface area contributed by atoms with Crippen LogP contribution in [-0.2, 0) is 27.2 Å². The van der Waals surface area contributed by atoms with Gasteiger partial charge < -0.3 is 20.1 Å². The number of ether oxygens (including phenoxy) is 2. The molecule has 0 fully saturated rings. The van der Waals surface area contributed by atoms with E-state index in [1.807, 2.05) is 39.0 Å². The Morgan fingerprint density at radius 2 is 1.52 bits per heavy atom. The van der Waals surface area contributed by atoms with E-state index in [9.17, 15) is 14.4 Å². The molecule has 33 heavy (non-hydrogen) atoms. The van der Waals surface area contributed by atoms with Crippen molar-refractivity contribution in [3.63, 3.8) is 0 Å². The highest BCUT2D eigenvalue weighted by atomic mass is 16.5. The Labute approximate surface area is 195 Å². The van der Waals surface area contributed by atoms with Crippen molar-refractivity contribution in [3.8, 4) is 5.75 Å². The fourth-order valence-electron chi connectivity index (χ4n) is 3.40. The van der Waals surface area contributed by atoms with Gasteiger partial charge >= 0.3 is 5.97 Å². The van der Waals surface area contributed by atoms with Crippen LogP contribution in [0, 0.1) is 5.92 Å². The van der Waals surface area contributed by atoms with E-state index >= 15 is 0 Å². The van der Waals surface area contributed by atoms with Crippen LogP contribution in [-0.4, -0.2) is 37.0 Å². The zero-order valence-electron chi connectivity index (χ0n) is 20.1. The summed E-state index contributed by atoms with van der Waals surface area (Å²) >= 11 is 0. The van der Waals surface area contributed by atoms with Gasteiger partial charge in [-0.15, -0.1) is 0 Å². The SMILES string of the molecule is CCOc1ccc(C(=O)N[C@H](C(=O)OCC(=O)Nc2c(CC)cccc2CC)C(C)C)cc1. The molecule has 7 heteroatoms. The monoisotopic (exact) mass is 454 g/mol. The number of aryl methyl sites for hydroxylation is 2. The van der Waals surface area contributed by atoms with Gasteiger partial charge in [-0.1, -0.05) is 45.9 Å². The maximum absolute atomic E-state index is 12.7. The normalized spacial score (nSPS) is 11.6. The highest BCUT2D eigenvalue weighted by Gasteiger charge is 2.27. The van der Waals surface area contributed by atoms with Gasteiger partial charge in [0.15, 0.2) is 6.61 Å². The Morgan fingerprint density at radius 1 is 0.909 bits per heavy atom. The first-order valence-electron chi connectivity index (χ1n) is 11.4. The molecule has 0 saturated carbocycles. The number of anilines is 1. The molecule has 2 rings (SSSR count). The van der Waals surface area contributed by atoms with Gasteiger partial charge in [0, 0.05) is 11.3 Å². The average molecular weight is 455 g/mol. The first-order chi connectivity index (χ1) is 15.8. The quantitative estimate of drug-likeness (QED) is 0.498. The molecule has 0 heterocycles. The molecule has 0 aliphatic heterocycles. The van der Waals surface area contributed by atoms with Gasteiger partial charge in [0.25, 0.3) is 11.8 Å². The zero-order valence-corrected chi connectivity index (χ0v) is 20.1. The lowest BCUT2D eigenvalue weighted by Gasteiger charge is -2.21. The minimum absolute atomic E-state index is 0.222. The molecule has 2 amide bonds. The first kappa shape index (κ1) is 25.9. The molecule has 1 atom stereocenters. The van der Waals surface area contributed by atoms with Crippen LogP contribution < -0.4 is 15.4 Å². The van der Waals surface area contributed by atoms with E-state index < -0.39 is 30.4 Å². The third-order valence-electron chi connectivity index (χ3n) is 5.24.